The number of nitrogens with one attached hydrogen (secondary N) is 1. The third-order valence-electron chi connectivity index (χ3n) is 2.40. The van der Waals surface area contributed by atoms with Gasteiger partial charge in [-0.25, -0.2) is 4.98 Å². The van der Waals surface area contributed by atoms with Gasteiger partial charge in [-0.2, -0.15) is 18.4 Å². The van der Waals surface area contributed by atoms with Gasteiger partial charge in [-0.3, -0.25) is 0 Å². The molecule has 0 saturated carbocycles. The Labute approximate surface area is 107 Å². The largest absolute Gasteiger partial charge is 0.416 e. The minimum Gasteiger partial charge on any atom is -0.339 e. The molecular weight excluding hydrogens is 255 g/mol. The van der Waals surface area contributed by atoms with Gasteiger partial charge >= 0.3 is 6.18 Å². The Morgan fingerprint density at radius 2 is 1.79 bits per heavy atom. The highest BCUT2D eigenvalue weighted by atomic mass is 19.4. The van der Waals surface area contributed by atoms with Gasteiger partial charge in [0.1, 0.15) is 11.9 Å². The first kappa shape index (κ1) is 12.9. The number of halogens is 3. The molecule has 2 rings (SSSR count). The van der Waals surface area contributed by atoms with Gasteiger partial charge in [-0.05, 0) is 36.4 Å². The summed E-state index contributed by atoms with van der Waals surface area (Å²) in [6.07, 6.45) is -2.87. The number of hydrogen-bond acceptors (Lipinski definition) is 3. The second kappa shape index (κ2) is 4.98. The molecule has 0 saturated heterocycles. The number of pyridine rings is 1. The second-order valence-electron chi connectivity index (χ2n) is 3.71. The summed E-state index contributed by atoms with van der Waals surface area (Å²) in [5, 5.41) is 11.7. The van der Waals surface area contributed by atoms with Crippen LogP contribution in [0.3, 0.4) is 0 Å². The van der Waals surface area contributed by atoms with Crippen molar-refractivity contribution in [2.45, 2.75) is 6.18 Å². The fourth-order valence-corrected chi connectivity index (χ4v) is 1.47. The van der Waals surface area contributed by atoms with Gasteiger partial charge in [0, 0.05) is 11.9 Å². The SMILES string of the molecule is N#Cc1cccnc1Nc1ccc(C(F)(F)F)cc1. The topological polar surface area (TPSA) is 48.7 Å². The van der Waals surface area contributed by atoms with Crippen molar-refractivity contribution in [1.82, 2.24) is 4.98 Å². The van der Waals surface area contributed by atoms with Gasteiger partial charge in [-0.15, -0.1) is 0 Å². The number of alkyl halides is 3. The van der Waals surface area contributed by atoms with Crippen molar-refractivity contribution in [3.63, 3.8) is 0 Å². The molecule has 19 heavy (non-hydrogen) atoms. The van der Waals surface area contributed by atoms with Crippen LogP contribution in [0.2, 0.25) is 0 Å². The number of nitriles is 1. The van der Waals surface area contributed by atoms with Crippen molar-refractivity contribution >= 4 is 11.5 Å². The summed E-state index contributed by atoms with van der Waals surface area (Å²) < 4.78 is 37.2. The van der Waals surface area contributed by atoms with Crippen molar-refractivity contribution in [1.29, 1.82) is 5.26 Å². The minimum absolute atomic E-state index is 0.310. The Balaban J connectivity index is 2.23. The average molecular weight is 263 g/mol. The molecule has 0 aliphatic heterocycles. The lowest BCUT2D eigenvalue weighted by Gasteiger charge is -2.09. The lowest BCUT2D eigenvalue weighted by atomic mass is 10.2. The zero-order chi connectivity index (χ0) is 13.9. The van der Waals surface area contributed by atoms with E-state index in [1.54, 1.807) is 12.1 Å². The molecule has 0 aliphatic rings. The van der Waals surface area contributed by atoms with E-state index >= 15 is 0 Å². The first-order chi connectivity index (χ1) is 9.00. The van der Waals surface area contributed by atoms with Gasteiger partial charge in [0.25, 0.3) is 0 Å². The molecule has 0 bridgehead atoms. The molecule has 1 heterocycles. The summed E-state index contributed by atoms with van der Waals surface area (Å²) in [5.41, 5.74) is 0.0326. The van der Waals surface area contributed by atoms with Crippen LogP contribution in [-0.4, -0.2) is 4.98 Å². The van der Waals surface area contributed by atoms with E-state index in [0.717, 1.165) is 12.1 Å². The van der Waals surface area contributed by atoms with Crippen LogP contribution in [-0.2, 0) is 6.18 Å². The fraction of sp³-hybridized carbons (Fsp3) is 0.0769. The van der Waals surface area contributed by atoms with E-state index < -0.39 is 11.7 Å². The first-order valence-corrected chi connectivity index (χ1v) is 5.30. The van der Waals surface area contributed by atoms with Crippen LogP contribution in [0.5, 0.6) is 0 Å². The number of nitrogens with zero attached hydrogens (tertiary/aromatic N) is 2. The third-order valence-corrected chi connectivity index (χ3v) is 2.40. The van der Waals surface area contributed by atoms with E-state index in [4.69, 9.17) is 5.26 Å². The molecule has 0 spiro atoms. The van der Waals surface area contributed by atoms with E-state index in [2.05, 4.69) is 10.3 Å². The van der Waals surface area contributed by atoms with E-state index in [1.165, 1.54) is 18.3 Å². The van der Waals surface area contributed by atoms with Gasteiger partial charge in [-0.1, -0.05) is 0 Å². The van der Waals surface area contributed by atoms with Crippen LogP contribution in [0.1, 0.15) is 11.1 Å². The standard InChI is InChI=1S/C13H8F3N3/c14-13(15,16)10-3-5-11(6-4-10)19-12-9(8-17)2-1-7-18-12/h1-7H,(H,18,19). The lowest BCUT2D eigenvalue weighted by Crippen LogP contribution is -2.04. The van der Waals surface area contributed by atoms with Crippen LogP contribution >= 0.6 is 0 Å². The van der Waals surface area contributed by atoms with Crippen LogP contribution in [0.25, 0.3) is 0 Å². The van der Waals surface area contributed by atoms with Gasteiger partial charge in [0.05, 0.1) is 11.1 Å². The van der Waals surface area contributed by atoms with Crippen molar-refractivity contribution in [2.75, 3.05) is 5.32 Å². The van der Waals surface area contributed by atoms with Crippen molar-refractivity contribution in [3.05, 3.63) is 53.7 Å². The fourth-order valence-electron chi connectivity index (χ4n) is 1.47. The van der Waals surface area contributed by atoms with Crippen molar-refractivity contribution in [3.8, 4) is 6.07 Å². The molecule has 0 atom stereocenters. The summed E-state index contributed by atoms with van der Waals surface area (Å²) in [6.45, 7) is 0. The van der Waals surface area contributed by atoms with E-state index in [1.807, 2.05) is 6.07 Å². The summed E-state index contributed by atoms with van der Waals surface area (Å²) >= 11 is 0. The number of aromatic nitrogens is 1. The maximum absolute atomic E-state index is 12.4. The molecule has 3 nitrogen and oxygen atoms in total. The molecule has 2 aromatic rings. The smallest absolute Gasteiger partial charge is 0.339 e. The molecule has 96 valence electrons. The zero-order valence-electron chi connectivity index (χ0n) is 9.57. The Morgan fingerprint density at radius 1 is 1.11 bits per heavy atom. The van der Waals surface area contributed by atoms with Gasteiger partial charge in [0.15, 0.2) is 0 Å². The summed E-state index contributed by atoms with van der Waals surface area (Å²) in [6, 6.07) is 9.64. The lowest BCUT2D eigenvalue weighted by molar-refractivity contribution is -0.137. The number of hydrogen-bond donors (Lipinski definition) is 1. The highest BCUT2D eigenvalue weighted by Gasteiger charge is 2.29. The Hall–Kier alpha value is -2.55. The predicted molar refractivity (Wildman–Crippen MR) is 63.7 cm³/mol. The van der Waals surface area contributed by atoms with Crippen LogP contribution < -0.4 is 5.32 Å². The highest BCUT2D eigenvalue weighted by Crippen LogP contribution is 2.30. The van der Waals surface area contributed by atoms with Crippen molar-refractivity contribution < 1.29 is 13.2 Å². The quantitative estimate of drug-likeness (QED) is 0.898. The molecule has 1 aromatic carbocycles. The maximum Gasteiger partial charge on any atom is 0.416 e. The minimum atomic E-state index is -4.36. The van der Waals surface area contributed by atoms with Crippen LogP contribution in [0.4, 0.5) is 24.7 Å². The van der Waals surface area contributed by atoms with Gasteiger partial charge in [0.2, 0.25) is 0 Å². The molecule has 0 aliphatic carbocycles. The molecule has 0 amide bonds. The molecule has 0 fully saturated rings. The molecule has 1 aromatic heterocycles. The second-order valence-corrected chi connectivity index (χ2v) is 3.71. The molecule has 1 N–H and O–H groups in total. The molecule has 6 heteroatoms. The van der Waals surface area contributed by atoms with E-state index in [-0.39, 0.29) is 0 Å². The number of anilines is 2. The van der Waals surface area contributed by atoms with E-state index in [9.17, 15) is 13.2 Å². The number of rotatable bonds is 2. The first-order valence-electron chi connectivity index (χ1n) is 5.30. The normalized spacial score (nSPS) is 10.8. The summed E-state index contributed by atoms with van der Waals surface area (Å²) in [5.74, 6) is 0.310. The maximum atomic E-state index is 12.4. The molecule has 0 unspecified atom stereocenters. The van der Waals surface area contributed by atoms with Gasteiger partial charge < -0.3 is 5.32 Å². The van der Waals surface area contributed by atoms with Crippen LogP contribution in [0, 0.1) is 11.3 Å². The summed E-state index contributed by atoms with van der Waals surface area (Å²) in [7, 11) is 0. The van der Waals surface area contributed by atoms with Crippen molar-refractivity contribution in [2.24, 2.45) is 0 Å². The Morgan fingerprint density at radius 3 is 2.37 bits per heavy atom. The number of benzene rings is 1. The Kier molecular flexibility index (Phi) is 3.38. The van der Waals surface area contributed by atoms with Crippen LogP contribution in [0.15, 0.2) is 42.6 Å². The monoisotopic (exact) mass is 263 g/mol. The third kappa shape index (κ3) is 3.01. The molecule has 0 radical (unpaired) electrons. The average Bonchev–Trinajstić information content (AvgIpc) is 2.39. The highest BCUT2D eigenvalue weighted by molar-refractivity contribution is 5.62. The zero-order valence-corrected chi connectivity index (χ0v) is 9.57. The Bertz CT molecular complexity index is 612. The summed E-state index contributed by atoms with van der Waals surface area (Å²) in [4.78, 5) is 3.96. The molecular formula is C13H8F3N3. The van der Waals surface area contributed by atoms with E-state index in [0.29, 0.717) is 17.1 Å². The predicted octanol–water partition coefficient (Wildman–Crippen LogP) is 3.72.